The molecule has 0 aliphatic carbocycles. The van der Waals surface area contributed by atoms with Crippen LogP contribution in [0.5, 0.6) is 0 Å². The summed E-state index contributed by atoms with van der Waals surface area (Å²) in [6.45, 7) is 4.05. The first-order chi connectivity index (χ1) is 11.5. The van der Waals surface area contributed by atoms with Gasteiger partial charge >= 0.3 is 0 Å². The number of aromatic nitrogens is 2. The molecule has 1 atom stereocenters. The number of H-pyrrole nitrogens is 1. The molecule has 0 bridgehead atoms. The third kappa shape index (κ3) is 3.40. The minimum Gasteiger partial charge on any atom is -0.370 e. The summed E-state index contributed by atoms with van der Waals surface area (Å²) < 4.78 is 0. The third-order valence-electron chi connectivity index (χ3n) is 4.24. The van der Waals surface area contributed by atoms with Crippen molar-refractivity contribution in [3.05, 3.63) is 42.0 Å². The molecule has 1 saturated heterocycles. The molecule has 1 aromatic heterocycles. The van der Waals surface area contributed by atoms with E-state index in [9.17, 15) is 9.59 Å². The van der Waals surface area contributed by atoms with Crippen molar-refractivity contribution in [3.8, 4) is 0 Å². The van der Waals surface area contributed by atoms with Crippen LogP contribution in [-0.4, -0.2) is 34.9 Å². The fourth-order valence-electron chi connectivity index (χ4n) is 3.04. The molecule has 7 nitrogen and oxygen atoms in total. The zero-order valence-corrected chi connectivity index (χ0v) is 13.6. The number of carbonyl (C=O) groups is 2. The van der Waals surface area contributed by atoms with Crippen LogP contribution in [-0.2, 0) is 0 Å². The molecular weight excluding hydrogens is 306 g/mol. The first kappa shape index (κ1) is 16.0. The smallest absolute Gasteiger partial charge is 0.291 e. The molecule has 3 rings (SSSR count). The molecule has 1 fully saturated rings. The highest BCUT2D eigenvalue weighted by molar-refractivity contribution is 6.05. The van der Waals surface area contributed by atoms with E-state index < -0.39 is 5.91 Å². The summed E-state index contributed by atoms with van der Waals surface area (Å²) in [6.07, 6.45) is 5.40. The number of benzene rings is 1. The number of imidazole rings is 1. The van der Waals surface area contributed by atoms with Crippen molar-refractivity contribution < 1.29 is 9.59 Å². The predicted molar refractivity (Wildman–Crippen MR) is 92.1 cm³/mol. The quantitative estimate of drug-likeness (QED) is 0.799. The van der Waals surface area contributed by atoms with Gasteiger partial charge in [0, 0.05) is 31.0 Å². The van der Waals surface area contributed by atoms with Crippen molar-refractivity contribution in [2.45, 2.75) is 19.8 Å². The van der Waals surface area contributed by atoms with Gasteiger partial charge in [-0.3, -0.25) is 9.59 Å². The van der Waals surface area contributed by atoms with E-state index in [0.717, 1.165) is 25.2 Å². The van der Waals surface area contributed by atoms with E-state index in [4.69, 9.17) is 5.73 Å². The molecule has 24 heavy (non-hydrogen) atoms. The third-order valence-corrected chi connectivity index (χ3v) is 4.24. The zero-order valence-electron chi connectivity index (χ0n) is 13.6. The molecule has 1 aromatic carbocycles. The molecule has 0 radical (unpaired) electrons. The van der Waals surface area contributed by atoms with Crippen molar-refractivity contribution in [2.75, 3.05) is 23.3 Å². The van der Waals surface area contributed by atoms with E-state index in [0.29, 0.717) is 17.2 Å². The summed E-state index contributed by atoms with van der Waals surface area (Å²) in [5.74, 6) is -0.0735. The van der Waals surface area contributed by atoms with E-state index in [1.165, 1.54) is 12.6 Å². The van der Waals surface area contributed by atoms with E-state index in [2.05, 4.69) is 27.1 Å². The maximum absolute atomic E-state index is 12.3. The first-order valence-electron chi connectivity index (χ1n) is 8.04. The molecule has 7 heteroatoms. The number of nitrogens with one attached hydrogen (secondary N) is 2. The number of primary amides is 1. The Hall–Kier alpha value is -2.83. The van der Waals surface area contributed by atoms with Gasteiger partial charge in [0.25, 0.3) is 5.91 Å². The van der Waals surface area contributed by atoms with E-state index in [1.807, 2.05) is 6.07 Å². The van der Waals surface area contributed by atoms with Crippen LogP contribution in [0.2, 0.25) is 0 Å². The molecule has 4 N–H and O–H groups in total. The van der Waals surface area contributed by atoms with Crippen LogP contribution in [0.15, 0.2) is 30.6 Å². The van der Waals surface area contributed by atoms with Crippen molar-refractivity contribution in [1.29, 1.82) is 0 Å². The average Bonchev–Trinajstić information content (AvgIpc) is 3.09. The highest BCUT2D eigenvalue weighted by Gasteiger charge is 2.21. The molecule has 1 aliphatic rings. The van der Waals surface area contributed by atoms with Crippen LogP contribution in [0.3, 0.4) is 0 Å². The molecule has 126 valence electrons. The molecule has 1 aliphatic heterocycles. The number of nitrogens with two attached hydrogens (primary N) is 1. The Kier molecular flexibility index (Phi) is 4.50. The SMILES string of the molecule is C[C@@H]1CCCN(c2ccc(C(N)=O)cc2NC(=O)c2ncc[nH]2)C1. The molecule has 2 heterocycles. The molecule has 2 aromatic rings. The highest BCUT2D eigenvalue weighted by Crippen LogP contribution is 2.31. The Morgan fingerprint density at radius 3 is 2.92 bits per heavy atom. The van der Waals surface area contributed by atoms with Crippen LogP contribution in [0.1, 0.15) is 40.7 Å². The second kappa shape index (κ2) is 6.74. The minimum absolute atomic E-state index is 0.220. The first-order valence-corrected chi connectivity index (χ1v) is 8.04. The maximum Gasteiger partial charge on any atom is 0.291 e. The van der Waals surface area contributed by atoms with Gasteiger partial charge in [-0.15, -0.1) is 0 Å². The lowest BCUT2D eigenvalue weighted by Crippen LogP contribution is -2.35. The topological polar surface area (TPSA) is 104 Å². The van der Waals surface area contributed by atoms with Crippen molar-refractivity contribution >= 4 is 23.2 Å². The monoisotopic (exact) mass is 327 g/mol. The summed E-state index contributed by atoms with van der Waals surface area (Å²) in [5, 5.41) is 2.84. The second-order valence-electron chi connectivity index (χ2n) is 6.18. The summed E-state index contributed by atoms with van der Waals surface area (Å²) in [4.78, 5) is 32.8. The molecule has 0 unspecified atom stereocenters. The molecule has 2 amide bonds. The Morgan fingerprint density at radius 1 is 1.42 bits per heavy atom. The number of piperidine rings is 1. The predicted octanol–water partition coefficient (Wildman–Crippen LogP) is 2.00. The Morgan fingerprint density at radius 2 is 2.25 bits per heavy atom. The number of nitrogens with zero attached hydrogens (tertiary/aromatic N) is 2. The van der Waals surface area contributed by atoms with Gasteiger partial charge in [0.15, 0.2) is 5.82 Å². The fraction of sp³-hybridized carbons (Fsp3) is 0.353. The van der Waals surface area contributed by atoms with Crippen LogP contribution < -0.4 is 16.0 Å². The molecular formula is C17H21N5O2. The average molecular weight is 327 g/mol. The maximum atomic E-state index is 12.3. The van der Waals surface area contributed by atoms with Crippen LogP contribution in [0.25, 0.3) is 0 Å². The van der Waals surface area contributed by atoms with E-state index in [-0.39, 0.29) is 11.7 Å². The van der Waals surface area contributed by atoms with E-state index >= 15 is 0 Å². The number of rotatable bonds is 4. The number of hydrogen-bond acceptors (Lipinski definition) is 4. The van der Waals surface area contributed by atoms with Gasteiger partial charge in [0.05, 0.1) is 11.4 Å². The van der Waals surface area contributed by atoms with Gasteiger partial charge in [-0.1, -0.05) is 6.92 Å². The Bertz CT molecular complexity index is 741. The van der Waals surface area contributed by atoms with Crippen molar-refractivity contribution in [2.24, 2.45) is 11.7 Å². The van der Waals surface area contributed by atoms with Gasteiger partial charge in [-0.05, 0) is 37.0 Å². The number of carbonyl (C=O) groups excluding carboxylic acids is 2. The lowest BCUT2D eigenvalue weighted by Gasteiger charge is -2.34. The van der Waals surface area contributed by atoms with E-state index in [1.54, 1.807) is 18.3 Å². The summed E-state index contributed by atoms with van der Waals surface area (Å²) in [7, 11) is 0. The molecule has 0 spiro atoms. The lowest BCUT2D eigenvalue weighted by atomic mass is 9.99. The Balaban J connectivity index is 1.92. The number of hydrogen-bond donors (Lipinski definition) is 3. The van der Waals surface area contributed by atoms with Gasteiger partial charge in [-0.25, -0.2) is 4.98 Å². The van der Waals surface area contributed by atoms with Crippen LogP contribution in [0.4, 0.5) is 11.4 Å². The summed E-state index contributed by atoms with van der Waals surface area (Å²) in [5.41, 5.74) is 7.20. The summed E-state index contributed by atoms with van der Waals surface area (Å²) in [6, 6.07) is 5.16. The highest BCUT2D eigenvalue weighted by atomic mass is 16.2. The van der Waals surface area contributed by atoms with Crippen LogP contribution >= 0.6 is 0 Å². The van der Waals surface area contributed by atoms with Crippen molar-refractivity contribution in [1.82, 2.24) is 9.97 Å². The van der Waals surface area contributed by atoms with Crippen molar-refractivity contribution in [3.63, 3.8) is 0 Å². The summed E-state index contributed by atoms with van der Waals surface area (Å²) >= 11 is 0. The second-order valence-corrected chi connectivity index (χ2v) is 6.18. The fourth-order valence-corrected chi connectivity index (χ4v) is 3.04. The molecule has 0 saturated carbocycles. The number of aromatic amines is 1. The van der Waals surface area contributed by atoms with Gasteiger partial charge in [0.1, 0.15) is 0 Å². The van der Waals surface area contributed by atoms with Gasteiger partial charge in [-0.2, -0.15) is 0 Å². The van der Waals surface area contributed by atoms with Gasteiger partial charge < -0.3 is 20.9 Å². The minimum atomic E-state index is -0.526. The zero-order chi connectivity index (χ0) is 17.1. The number of anilines is 2. The van der Waals surface area contributed by atoms with Crippen LogP contribution in [0, 0.1) is 5.92 Å². The number of amides is 2. The normalized spacial score (nSPS) is 17.5. The largest absolute Gasteiger partial charge is 0.370 e. The lowest BCUT2D eigenvalue weighted by molar-refractivity contribution is 0.0994. The van der Waals surface area contributed by atoms with Gasteiger partial charge in [0.2, 0.25) is 5.91 Å². The standard InChI is InChI=1S/C17H21N5O2/c1-11-3-2-8-22(10-11)14-5-4-12(15(18)23)9-13(14)21-17(24)16-19-6-7-20-16/h4-7,9,11H,2-3,8,10H2,1H3,(H2,18,23)(H,19,20)(H,21,24)/t11-/m1/s1. The Labute approximate surface area is 140 Å².